The van der Waals surface area contributed by atoms with E-state index >= 15 is 0 Å². The highest BCUT2D eigenvalue weighted by atomic mass is 79.9. The van der Waals surface area contributed by atoms with Crippen LogP contribution in [0.5, 0.6) is 11.5 Å². The molecule has 3 heterocycles. The second-order valence-electron chi connectivity index (χ2n) is 7.54. The highest BCUT2D eigenvalue weighted by Gasteiger charge is 2.49. The zero-order chi connectivity index (χ0) is 20.2. The van der Waals surface area contributed by atoms with Crippen LogP contribution in [0.2, 0.25) is 0 Å². The number of ether oxygens (including phenoxy) is 2. The molecule has 29 heavy (non-hydrogen) atoms. The van der Waals surface area contributed by atoms with Crippen molar-refractivity contribution in [1.82, 2.24) is 4.90 Å². The van der Waals surface area contributed by atoms with Gasteiger partial charge in [0.2, 0.25) is 12.7 Å². The van der Waals surface area contributed by atoms with Crippen LogP contribution in [-0.4, -0.2) is 56.2 Å². The van der Waals surface area contributed by atoms with Crippen molar-refractivity contribution in [2.45, 2.75) is 18.6 Å². The monoisotopic (exact) mass is 478 g/mol. The van der Waals surface area contributed by atoms with E-state index in [1.165, 1.54) is 0 Å². The van der Waals surface area contributed by atoms with E-state index < -0.39 is 15.9 Å². The molecule has 0 aromatic heterocycles. The third-order valence-electron chi connectivity index (χ3n) is 5.63. The Kier molecular flexibility index (Phi) is 4.56. The number of fused-ring (bicyclic) bond motifs is 2. The van der Waals surface area contributed by atoms with Gasteiger partial charge in [0, 0.05) is 22.7 Å². The fourth-order valence-corrected chi connectivity index (χ4v) is 6.59. The number of halogens is 1. The van der Waals surface area contributed by atoms with Crippen LogP contribution in [0.3, 0.4) is 0 Å². The minimum absolute atomic E-state index is 0.0168. The minimum Gasteiger partial charge on any atom is -0.454 e. The summed E-state index contributed by atoms with van der Waals surface area (Å²) in [6.07, 6.45) is 0. The van der Waals surface area contributed by atoms with Gasteiger partial charge in [-0.2, -0.15) is 0 Å². The molecule has 9 heteroatoms. The summed E-state index contributed by atoms with van der Waals surface area (Å²) >= 11 is 3.40. The molecule has 0 aliphatic carbocycles. The van der Waals surface area contributed by atoms with Crippen molar-refractivity contribution in [2.24, 2.45) is 0 Å². The minimum atomic E-state index is -3.23. The number of hydrogen-bond donors (Lipinski definition) is 0. The molecule has 2 saturated heterocycles. The van der Waals surface area contributed by atoms with Crippen molar-refractivity contribution in [3.05, 3.63) is 52.5 Å². The predicted octanol–water partition coefficient (Wildman–Crippen LogP) is 2.19. The zero-order valence-electron chi connectivity index (χ0n) is 15.5. The highest BCUT2D eigenvalue weighted by Crippen LogP contribution is 2.35. The van der Waals surface area contributed by atoms with Crippen LogP contribution in [-0.2, 0) is 21.2 Å². The first-order chi connectivity index (χ1) is 13.9. The Bertz CT molecular complexity index is 1070. The molecule has 2 aromatic carbocycles. The first-order valence-electron chi connectivity index (χ1n) is 9.30. The summed E-state index contributed by atoms with van der Waals surface area (Å²) in [7, 11) is -3.23. The van der Waals surface area contributed by atoms with Crippen molar-refractivity contribution in [3.8, 4) is 11.5 Å². The summed E-state index contributed by atoms with van der Waals surface area (Å²) in [5.74, 6) is 1.33. The van der Waals surface area contributed by atoms with Crippen molar-refractivity contribution >= 4 is 37.4 Å². The van der Waals surface area contributed by atoms with Crippen molar-refractivity contribution in [1.29, 1.82) is 0 Å². The number of carbonyl (C=O) groups is 1. The smallest absolute Gasteiger partial charge is 0.241 e. The Morgan fingerprint density at radius 3 is 2.52 bits per heavy atom. The van der Waals surface area contributed by atoms with Gasteiger partial charge in [0.15, 0.2) is 21.3 Å². The molecule has 2 fully saturated rings. The topological polar surface area (TPSA) is 76.1 Å². The lowest BCUT2D eigenvalue weighted by Crippen LogP contribution is -2.61. The molecule has 7 nitrogen and oxygen atoms in total. The number of sulfone groups is 1. The maximum Gasteiger partial charge on any atom is 0.241 e. The first kappa shape index (κ1) is 18.9. The van der Waals surface area contributed by atoms with Gasteiger partial charge in [-0.05, 0) is 42.0 Å². The number of rotatable bonds is 3. The molecule has 0 radical (unpaired) electrons. The van der Waals surface area contributed by atoms with E-state index in [9.17, 15) is 13.2 Å². The van der Waals surface area contributed by atoms with E-state index in [1.807, 2.05) is 47.4 Å². The van der Waals surface area contributed by atoms with Crippen molar-refractivity contribution < 1.29 is 22.7 Å². The van der Waals surface area contributed by atoms with Gasteiger partial charge in [-0.25, -0.2) is 8.42 Å². The van der Waals surface area contributed by atoms with E-state index in [0.717, 1.165) is 15.7 Å². The molecule has 0 saturated carbocycles. The van der Waals surface area contributed by atoms with Gasteiger partial charge in [0.05, 0.1) is 24.1 Å². The van der Waals surface area contributed by atoms with Gasteiger partial charge >= 0.3 is 0 Å². The SMILES string of the molecule is O=C1CN(Cc2ccc3c(c2)OCO3)C2CS(=O)(=O)CC2N1c1ccc(Br)cc1. The zero-order valence-corrected chi connectivity index (χ0v) is 17.9. The Labute approximate surface area is 177 Å². The van der Waals surface area contributed by atoms with Crippen LogP contribution in [0.4, 0.5) is 5.69 Å². The lowest BCUT2D eigenvalue weighted by molar-refractivity contribution is -0.123. The Morgan fingerprint density at radius 1 is 1.00 bits per heavy atom. The second-order valence-corrected chi connectivity index (χ2v) is 10.6. The average Bonchev–Trinajstić information content (AvgIpc) is 3.26. The van der Waals surface area contributed by atoms with Crippen LogP contribution in [0.25, 0.3) is 0 Å². The first-order valence-corrected chi connectivity index (χ1v) is 11.9. The largest absolute Gasteiger partial charge is 0.454 e. The van der Waals surface area contributed by atoms with Gasteiger partial charge in [-0.15, -0.1) is 0 Å². The van der Waals surface area contributed by atoms with Gasteiger partial charge < -0.3 is 14.4 Å². The van der Waals surface area contributed by atoms with Crippen molar-refractivity contribution in [3.63, 3.8) is 0 Å². The Balaban J connectivity index is 1.45. The molecule has 2 aromatic rings. The molecule has 0 spiro atoms. The number of anilines is 1. The number of nitrogens with zero attached hydrogens (tertiary/aromatic N) is 2. The second kappa shape index (κ2) is 7.00. The van der Waals surface area contributed by atoms with Crippen LogP contribution in [0.1, 0.15) is 5.56 Å². The van der Waals surface area contributed by atoms with Gasteiger partial charge in [0.25, 0.3) is 0 Å². The van der Waals surface area contributed by atoms with Gasteiger partial charge in [-0.1, -0.05) is 22.0 Å². The fraction of sp³-hybridized carbons (Fsp3) is 0.350. The Morgan fingerprint density at radius 2 is 1.72 bits per heavy atom. The molecule has 0 bridgehead atoms. The quantitative estimate of drug-likeness (QED) is 0.672. The standard InChI is InChI=1S/C20H19BrN2O5S/c21-14-2-4-15(5-3-14)23-17-11-29(25,26)10-16(17)22(9-20(23)24)8-13-1-6-18-19(7-13)28-12-27-18/h1-7,16-17H,8-12H2. The summed E-state index contributed by atoms with van der Waals surface area (Å²) in [6, 6.07) is 12.4. The van der Waals surface area contributed by atoms with E-state index in [0.29, 0.717) is 18.0 Å². The number of amides is 1. The summed E-state index contributed by atoms with van der Waals surface area (Å²) in [5.41, 5.74) is 1.69. The van der Waals surface area contributed by atoms with E-state index in [1.54, 1.807) is 4.90 Å². The van der Waals surface area contributed by atoms with Crippen molar-refractivity contribution in [2.75, 3.05) is 29.7 Å². The number of carbonyl (C=O) groups excluding carboxylic acids is 1. The average molecular weight is 479 g/mol. The lowest BCUT2D eigenvalue weighted by Gasteiger charge is -2.43. The molecule has 152 valence electrons. The van der Waals surface area contributed by atoms with Crippen LogP contribution >= 0.6 is 15.9 Å². The number of hydrogen-bond acceptors (Lipinski definition) is 6. The third-order valence-corrected chi connectivity index (χ3v) is 7.86. The molecule has 5 rings (SSSR count). The lowest BCUT2D eigenvalue weighted by atomic mass is 10.0. The predicted molar refractivity (Wildman–Crippen MR) is 111 cm³/mol. The highest BCUT2D eigenvalue weighted by molar-refractivity contribution is 9.10. The van der Waals surface area contributed by atoms with Crippen LogP contribution in [0.15, 0.2) is 46.9 Å². The number of piperazine rings is 1. The summed E-state index contributed by atoms with van der Waals surface area (Å²) in [5, 5.41) is 0. The molecule has 3 aliphatic heterocycles. The van der Waals surface area contributed by atoms with E-state index in [-0.39, 0.29) is 36.8 Å². The summed E-state index contributed by atoms with van der Waals surface area (Å²) in [4.78, 5) is 16.7. The Hall–Kier alpha value is -2.10. The molecule has 3 aliphatic rings. The molecular weight excluding hydrogens is 460 g/mol. The van der Waals surface area contributed by atoms with Crippen LogP contribution in [0, 0.1) is 0 Å². The maximum atomic E-state index is 13.1. The van der Waals surface area contributed by atoms with E-state index in [2.05, 4.69) is 15.9 Å². The third kappa shape index (κ3) is 3.51. The molecular formula is C20H19BrN2O5S. The number of benzene rings is 2. The fourth-order valence-electron chi connectivity index (χ4n) is 4.34. The molecule has 0 N–H and O–H groups in total. The molecule has 1 amide bonds. The summed E-state index contributed by atoms with van der Waals surface area (Å²) in [6.45, 7) is 0.848. The van der Waals surface area contributed by atoms with Gasteiger partial charge in [0.1, 0.15) is 0 Å². The summed E-state index contributed by atoms with van der Waals surface area (Å²) < 4.78 is 36.6. The normalized spacial score (nSPS) is 25.3. The van der Waals surface area contributed by atoms with Crippen LogP contribution < -0.4 is 14.4 Å². The maximum absolute atomic E-state index is 13.1. The molecule has 2 unspecified atom stereocenters. The molecule has 2 atom stereocenters. The van der Waals surface area contributed by atoms with E-state index in [4.69, 9.17) is 9.47 Å². The van der Waals surface area contributed by atoms with Gasteiger partial charge in [-0.3, -0.25) is 9.69 Å².